The monoisotopic (exact) mass is 426 g/mol. The van der Waals surface area contributed by atoms with Crippen LogP contribution >= 0.6 is 0 Å². The predicted molar refractivity (Wildman–Crippen MR) is 121 cm³/mol. The van der Waals surface area contributed by atoms with Gasteiger partial charge in [0.2, 0.25) is 0 Å². The first-order valence-electron chi connectivity index (χ1n) is 10.8. The molecule has 0 bridgehead atoms. The molecule has 2 aromatic carbocycles. The first-order valence-corrected chi connectivity index (χ1v) is 10.8. The largest absolute Gasteiger partial charge is 0.496 e. The Bertz CT molecular complexity index is 882. The maximum Gasteiger partial charge on any atom is 0.337 e. The molecular formula is C25H34N2O4. The highest BCUT2D eigenvalue weighted by atomic mass is 16.5. The molecule has 1 heterocycles. The number of benzene rings is 2. The molecule has 1 fully saturated rings. The fourth-order valence-electron chi connectivity index (χ4n) is 4.32. The minimum Gasteiger partial charge on any atom is -0.496 e. The Morgan fingerprint density at radius 2 is 1.77 bits per heavy atom. The van der Waals surface area contributed by atoms with E-state index in [0.29, 0.717) is 11.6 Å². The molecule has 6 nitrogen and oxygen atoms in total. The quantitative estimate of drug-likeness (QED) is 0.655. The van der Waals surface area contributed by atoms with Crippen molar-refractivity contribution < 1.29 is 19.4 Å². The minimum absolute atomic E-state index is 0.184. The zero-order valence-electron chi connectivity index (χ0n) is 19.1. The van der Waals surface area contributed by atoms with Crippen LogP contribution in [0, 0.1) is 13.8 Å². The van der Waals surface area contributed by atoms with E-state index in [4.69, 9.17) is 9.47 Å². The lowest BCUT2D eigenvalue weighted by atomic mass is 10.00. The first-order chi connectivity index (χ1) is 15.0. The van der Waals surface area contributed by atoms with E-state index in [0.717, 1.165) is 44.9 Å². The van der Waals surface area contributed by atoms with Gasteiger partial charge in [-0.1, -0.05) is 18.2 Å². The van der Waals surface area contributed by atoms with Crippen LogP contribution in [0.4, 0.5) is 0 Å². The van der Waals surface area contributed by atoms with Gasteiger partial charge in [-0.3, -0.25) is 9.80 Å². The number of aliphatic hydroxyl groups is 1. The van der Waals surface area contributed by atoms with Crippen LogP contribution in [-0.2, 0) is 17.8 Å². The average Bonchev–Trinajstić information content (AvgIpc) is 2.79. The number of nitrogens with zero attached hydrogens (tertiary/aromatic N) is 2. The number of carbonyl (C=O) groups is 1. The lowest BCUT2D eigenvalue weighted by Gasteiger charge is -2.41. The van der Waals surface area contributed by atoms with Crippen LogP contribution in [0.5, 0.6) is 5.75 Å². The Balaban J connectivity index is 1.65. The molecule has 6 heteroatoms. The molecule has 1 N–H and O–H groups in total. The summed E-state index contributed by atoms with van der Waals surface area (Å²) in [4.78, 5) is 16.5. The van der Waals surface area contributed by atoms with Gasteiger partial charge in [-0.15, -0.1) is 0 Å². The lowest BCUT2D eigenvalue weighted by Crippen LogP contribution is -2.52. The van der Waals surface area contributed by atoms with E-state index in [1.807, 2.05) is 30.3 Å². The van der Waals surface area contributed by atoms with Crippen molar-refractivity contribution in [3.05, 3.63) is 64.2 Å². The Labute approximate surface area is 185 Å². The molecule has 1 aliphatic heterocycles. The zero-order valence-corrected chi connectivity index (χ0v) is 19.1. The molecule has 31 heavy (non-hydrogen) atoms. The van der Waals surface area contributed by atoms with Crippen LogP contribution in [0.15, 0.2) is 36.4 Å². The van der Waals surface area contributed by atoms with Crippen molar-refractivity contribution in [1.82, 2.24) is 9.80 Å². The second-order valence-electron chi connectivity index (χ2n) is 8.24. The molecule has 0 unspecified atom stereocenters. The van der Waals surface area contributed by atoms with Gasteiger partial charge in [0.1, 0.15) is 5.75 Å². The van der Waals surface area contributed by atoms with Crippen LogP contribution < -0.4 is 4.74 Å². The maximum atomic E-state index is 11.6. The topological polar surface area (TPSA) is 62.2 Å². The molecule has 0 aliphatic carbocycles. The summed E-state index contributed by atoms with van der Waals surface area (Å²) in [6, 6.07) is 12.1. The Hall–Kier alpha value is -2.41. The number of rotatable bonds is 8. The molecule has 168 valence electrons. The third-order valence-electron chi connectivity index (χ3n) is 6.38. The maximum absolute atomic E-state index is 11.6. The van der Waals surface area contributed by atoms with E-state index in [2.05, 4.69) is 29.7 Å². The van der Waals surface area contributed by atoms with Gasteiger partial charge in [-0.25, -0.2) is 4.79 Å². The van der Waals surface area contributed by atoms with Gasteiger partial charge in [-0.05, 0) is 60.7 Å². The van der Waals surface area contributed by atoms with Crippen molar-refractivity contribution >= 4 is 5.97 Å². The summed E-state index contributed by atoms with van der Waals surface area (Å²) < 4.78 is 10.2. The molecule has 0 radical (unpaired) electrons. The standard InChI is InChI=1S/C25H34N2O4/c1-18-19(2)24(30-3)10-9-22(18)16-27-13-12-26(17-23(27)11-14-28)15-20-5-7-21(8-6-20)25(29)31-4/h5-10,23,28H,11-17H2,1-4H3/t23-/m0/s1. The van der Waals surface area contributed by atoms with Gasteiger partial charge < -0.3 is 14.6 Å². The highest BCUT2D eigenvalue weighted by Gasteiger charge is 2.27. The molecule has 3 rings (SSSR count). The van der Waals surface area contributed by atoms with Crippen molar-refractivity contribution in [3.8, 4) is 5.75 Å². The smallest absolute Gasteiger partial charge is 0.337 e. The van der Waals surface area contributed by atoms with Gasteiger partial charge >= 0.3 is 5.97 Å². The van der Waals surface area contributed by atoms with Crippen molar-refractivity contribution in [2.24, 2.45) is 0 Å². The summed E-state index contributed by atoms with van der Waals surface area (Å²) in [7, 11) is 3.10. The van der Waals surface area contributed by atoms with Gasteiger partial charge in [-0.2, -0.15) is 0 Å². The summed E-state index contributed by atoms with van der Waals surface area (Å²) in [5, 5.41) is 9.65. The molecule has 1 saturated heterocycles. The minimum atomic E-state index is -0.313. The van der Waals surface area contributed by atoms with E-state index < -0.39 is 0 Å². The van der Waals surface area contributed by atoms with Crippen LogP contribution in [0.2, 0.25) is 0 Å². The fraction of sp³-hybridized carbons (Fsp3) is 0.480. The van der Waals surface area contributed by atoms with E-state index in [9.17, 15) is 9.90 Å². The highest BCUT2D eigenvalue weighted by molar-refractivity contribution is 5.89. The molecule has 0 amide bonds. The molecule has 1 aliphatic rings. The number of esters is 1. The molecule has 2 aromatic rings. The number of piperazine rings is 1. The molecule has 1 atom stereocenters. The molecule has 0 aromatic heterocycles. The Morgan fingerprint density at radius 1 is 1.03 bits per heavy atom. The van der Waals surface area contributed by atoms with Crippen LogP contribution in [0.25, 0.3) is 0 Å². The van der Waals surface area contributed by atoms with Gasteiger partial charge in [0, 0.05) is 45.4 Å². The van der Waals surface area contributed by atoms with E-state index in [-0.39, 0.29) is 12.6 Å². The molecule has 0 spiro atoms. The van der Waals surface area contributed by atoms with Crippen molar-refractivity contribution in [2.45, 2.75) is 39.4 Å². The lowest BCUT2D eigenvalue weighted by molar-refractivity contribution is 0.0498. The number of ether oxygens (including phenoxy) is 2. The summed E-state index contributed by atoms with van der Waals surface area (Å²) in [5.41, 5.74) is 5.51. The number of methoxy groups -OCH3 is 2. The summed E-state index contributed by atoms with van der Waals surface area (Å²) in [6.45, 7) is 8.98. The van der Waals surface area contributed by atoms with Crippen molar-refractivity contribution in [1.29, 1.82) is 0 Å². The highest BCUT2D eigenvalue weighted by Crippen LogP contribution is 2.26. The van der Waals surface area contributed by atoms with E-state index >= 15 is 0 Å². The van der Waals surface area contributed by atoms with Crippen LogP contribution in [0.3, 0.4) is 0 Å². The number of carbonyl (C=O) groups excluding carboxylic acids is 1. The number of aliphatic hydroxyl groups excluding tert-OH is 1. The predicted octanol–water partition coefficient (Wildman–Crippen LogP) is 3.17. The van der Waals surface area contributed by atoms with E-state index in [1.165, 1.54) is 29.4 Å². The summed E-state index contributed by atoms with van der Waals surface area (Å²) in [6.07, 6.45) is 0.756. The van der Waals surface area contributed by atoms with Gasteiger partial charge in [0.25, 0.3) is 0 Å². The number of hydrogen-bond donors (Lipinski definition) is 1. The summed E-state index contributed by atoms with van der Waals surface area (Å²) in [5.74, 6) is 0.614. The Kier molecular flexibility index (Phi) is 8.07. The average molecular weight is 427 g/mol. The third kappa shape index (κ3) is 5.64. The normalized spacial score (nSPS) is 17.5. The van der Waals surface area contributed by atoms with Crippen molar-refractivity contribution in [2.75, 3.05) is 40.5 Å². The second-order valence-corrected chi connectivity index (χ2v) is 8.24. The first kappa shape index (κ1) is 23.3. The molecular weight excluding hydrogens is 392 g/mol. The van der Waals surface area contributed by atoms with Gasteiger partial charge in [0.05, 0.1) is 19.8 Å². The van der Waals surface area contributed by atoms with Crippen LogP contribution in [0.1, 0.15) is 39.0 Å². The fourth-order valence-corrected chi connectivity index (χ4v) is 4.32. The van der Waals surface area contributed by atoms with Crippen molar-refractivity contribution in [3.63, 3.8) is 0 Å². The third-order valence-corrected chi connectivity index (χ3v) is 6.38. The SMILES string of the molecule is COC(=O)c1ccc(CN2CCN(Cc3ccc(OC)c(C)c3C)[C@@H](CCO)C2)cc1. The molecule has 0 saturated carbocycles. The number of hydrogen-bond acceptors (Lipinski definition) is 6. The zero-order chi connectivity index (χ0) is 22.4. The van der Waals surface area contributed by atoms with Gasteiger partial charge in [0.15, 0.2) is 0 Å². The Morgan fingerprint density at radius 3 is 2.42 bits per heavy atom. The van der Waals surface area contributed by atoms with E-state index in [1.54, 1.807) is 7.11 Å². The second kappa shape index (κ2) is 10.8. The van der Waals surface area contributed by atoms with Crippen LogP contribution in [-0.4, -0.2) is 67.4 Å². The summed E-state index contributed by atoms with van der Waals surface area (Å²) >= 11 is 0.